The fourth-order valence-corrected chi connectivity index (χ4v) is 2.09. The van der Waals surface area contributed by atoms with Crippen LogP contribution in [0, 0.1) is 4.77 Å². The van der Waals surface area contributed by atoms with E-state index in [9.17, 15) is 10.2 Å². The van der Waals surface area contributed by atoms with Gasteiger partial charge in [-0.2, -0.15) is 14.9 Å². The summed E-state index contributed by atoms with van der Waals surface area (Å²) >= 11 is 10.9. The Labute approximate surface area is 131 Å². The van der Waals surface area contributed by atoms with Gasteiger partial charge in [0.05, 0.1) is 11.2 Å². The van der Waals surface area contributed by atoms with Crippen molar-refractivity contribution >= 4 is 30.0 Å². The minimum atomic E-state index is -0.357. The molecule has 0 aliphatic rings. The normalized spacial score (nSPS) is 12.2. The molecule has 0 saturated heterocycles. The Morgan fingerprint density at radius 3 is 2.62 bits per heavy atom. The van der Waals surface area contributed by atoms with Crippen LogP contribution in [0.5, 0.6) is 11.5 Å². The van der Waals surface area contributed by atoms with Gasteiger partial charge in [0.25, 0.3) is 0 Å². The maximum absolute atomic E-state index is 9.53. The van der Waals surface area contributed by atoms with Crippen molar-refractivity contribution in [2.75, 3.05) is 0 Å². The topological polar surface area (TPSA) is 86.4 Å². The van der Waals surface area contributed by atoms with Crippen molar-refractivity contribution in [2.24, 2.45) is 5.10 Å². The minimum absolute atomic E-state index is 0.0447. The first kappa shape index (κ1) is 15.5. The second-order valence-electron chi connectivity index (χ2n) is 5.53. The van der Waals surface area contributed by atoms with Gasteiger partial charge in [-0.25, -0.2) is 0 Å². The maximum Gasteiger partial charge on any atom is 0.216 e. The van der Waals surface area contributed by atoms with Crippen molar-refractivity contribution in [2.45, 2.75) is 26.2 Å². The van der Waals surface area contributed by atoms with Gasteiger partial charge in [-0.3, -0.25) is 5.10 Å². The van der Waals surface area contributed by atoms with Crippen LogP contribution in [0.2, 0.25) is 5.02 Å². The Hall–Kier alpha value is -1.86. The first-order valence-corrected chi connectivity index (χ1v) is 6.92. The average molecular weight is 327 g/mol. The van der Waals surface area contributed by atoms with E-state index in [1.54, 1.807) is 0 Å². The van der Waals surface area contributed by atoms with Crippen molar-refractivity contribution in [1.29, 1.82) is 0 Å². The van der Waals surface area contributed by atoms with E-state index in [0.29, 0.717) is 16.2 Å². The molecule has 0 atom stereocenters. The molecule has 1 aromatic heterocycles. The summed E-state index contributed by atoms with van der Waals surface area (Å²) in [5, 5.41) is 30.1. The lowest BCUT2D eigenvalue weighted by atomic mass is 9.96. The Morgan fingerprint density at radius 2 is 2.05 bits per heavy atom. The number of aromatic nitrogens is 3. The van der Waals surface area contributed by atoms with Crippen molar-refractivity contribution in [3.63, 3.8) is 0 Å². The lowest BCUT2D eigenvalue weighted by Crippen LogP contribution is -2.17. The van der Waals surface area contributed by atoms with Crippen LogP contribution in [0.1, 0.15) is 32.2 Å². The maximum atomic E-state index is 9.53. The highest BCUT2D eigenvalue weighted by molar-refractivity contribution is 7.71. The number of nitrogens with one attached hydrogen (secondary N) is 1. The standard InChI is InChI=1S/C13H15ClN4O2S/c1-13(2,3)11-16-17-12(21)18(11)15-6-7-4-8(14)10(20)9(19)5-7/h4-6,19-20H,1-3H3,(H,17,21)/b15-6+. The smallest absolute Gasteiger partial charge is 0.216 e. The van der Waals surface area contributed by atoms with Crippen molar-refractivity contribution < 1.29 is 10.2 Å². The van der Waals surface area contributed by atoms with E-state index in [-0.39, 0.29) is 21.9 Å². The number of aromatic amines is 1. The highest BCUT2D eigenvalue weighted by Gasteiger charge is 2.21. The summed E-state index contributed by atoms with van der Waals surface area (Å²) in [4.78, 5) is 0. The van der Waals surface area contributed by atoms with Gasteiger partial charge in [0, 0.05) is 5.41 Å². The van der Waals surface area contributed by atoms with Crippen LogP contribution in [0.25, 0.3) is 0 Å². The molecule has 0 aliphatic heterocycles. The summed E-state index contributed by atoms with van der Waals surface area (Å²) in [5.74, 6) is 0.0118. The first-order valence-electron chi connectivity index (χ1n) is 6.14. The first-order chi connectivity index (χ1) is 9.70. The molecule has 21 heavy (non-hydrogen) atoms. The molecule has 0 aliphatic carbocycles. The van der Waals surface area contributed by atoms with Crippen molar-refractivity contribution in [3.05, 3.63) is 33.3 Å². The third-order valence-corrected chi connectivity index (χ3v) is 3.26. The molecule has 0 bridgehead atoms. The Kier molecular flexibility index (Phi) is 4.06. The summed E-state index contributed by atoms with van der Waals surface area (Å²) in [6, 6.07) is 2.84. The summed E-state index contributed by atoms with van der Waals surface area (Å²) in [7, 11) is 0. The molecule has 0 spiro atoms. The molecule has 0 fully saturated rings. The fourth-order valence-electron chi connectivity index (χ4n) is 1.69. The zero-order chi connectivity index (χ0) is 15.8. The minimum Gasteiger partial charge on any atom is -0.504 e. The number of benzene rings is 1. The van der Waals surface area contributed by atoms with Gasteiger partial charge in [-0.05, 0) is 29.9 Å². The van der Waals surface area contributed by atoms with Crippen LogP contribution < -0.4 is 0 Å². The second-order valence-corrected chi connectivity index (χ2v) is 6.32. The molecule has 8 heteroatoms. The van der Waals surface area contributed by atoms with Gasteiger partial charge < -0.3 is 10.2 Å². The third-order valence-electron chi connectivity index (χ3n) is 2.71. The van der Waals surface area contributed by atoms with Gasteiger partial charge in [-0.1, -0.05) is 32.4 Å². The largest absolute Gasteiger partial charge is 0.504 e. The van der Waals surface area contributed by atoms with Gasteiger partial charge >= 0.3 is 0 Å². The molecular weight excluding hydrogens is 312 g/mol. The van der Waals surface area contributed by atoms with Crippen molar-refractivity contribution in [1.82, 2.24) is 14.9 Å². The molecule has 112 valence electrons. The van der Waals surface area contributed by atoms with E-state index < -0.39 is 0 Å². The van der Waals surface area contributed by atoms with Crippen molar-refractivity contribution in [3.8, 4) is 11.5 Å². The van der Waals surface area contributed by atoms with E-state index in [4.69, 9.17) is 23.8 Å². The Bertz CT molecular complexity index is 735. The summed E-state index contributed by atoms with van der Waals surface area (Å²) in [6.07, 6.45) is 1.48. The molecule has 0 radical (unpaired) electrons. The van der Waals surface area contributed by atoms with E-state index in [1.165, 1.54) is 23.0 Å². The molecule has 2 aromatic rings. The molecule has 6 nitrogen and oxygen atoms in total. The summed E-state index contributed by atoms with van der Waals surface area (Å²) in [6.45, 7) is 5.98. The number of nitrogens with zero attached hydrogens (tertiary/aromatic N) is 3. The van der Waals surface area contributed by atoms with Gasteiger partial charge in [0.15, 0.2) is 17.3 Å². The summed E-state index contributed by atoms with van der Waals surface area (Å²) in [5.41, 5.74) is 0.290. The lowest BCUT2D eigenvalue weighted by Gasteiger charge is -2.15. The molecule has 2 rings (SSSR count). The molecule has 0 unspecified atom stereocenters. The molecule has 0 saturated carbocycles. The number of H-pyrrole nitrogens is 1. The fraction of sp³-hybridized carbons (Fsp3) is 0.308. The van der Waals surface area contributed by atoms with E-state index in [2.05, 4.69) is 15.3 Å². The van der Waals surface area contributed by atoms with E-state index >= 15 is 0 Å². The average Bonchev–Trinajstić information content (AvgIpc) is 2.74. The molecule has 0 amide bonds. The highest BCUT2D eigenvalue weighted by Crippen LogP contribution is 2.33. The number of halogens is 1. The van der Waals surface area contributed by atoms with Crippen LogP contribution in [-0.4, -0.2) is 31.3 Å². The van der Waals surface area contributed by atoms with Gasteiger partial charge in [0.2, 0.25) is 4.77 Å². The third kappa shape index (κ3) is 3.25. The molecular formula is C13H15ClN4O2S. The Balaban J connectivity index is 2.44. The van der Waals surface area contributed by atoms with Crippen LogP contribution in [0.3, 0.4) is 0 Å². The van der Waals surface area contributed by atoms with Crippen LogP contribution >= 0.6 is 23.8 Å². The number of phenolic OH excluding ortho intramolecular Hbond substituents is 2. The number of hydrogen-bond donors (Lipinski definition) is 3. The van der Waals surface area contributed by atoms with Gasteiger partial charge in [0.1, 0.15) is 0 Å². The highest BCUT2D eigenvalue weighted by atomic mass is 35.5. The van der Waals surface area contributed by atoms with Crippen LogP contribution in [0.4, 0.5) is 0 Å². The second kappa shape index (κ2) is 5.50. The lowest BCUT2D eigenvalue weighted by molar-refractivity contribution is 0.404. The zero-order valence-corrected chi connectivity index (χ0v) is 13.3. The molecule has 3 N–H and O–H groups in total. The van der Waals surface area contributed by atoms with Gasteiger partial charge in [-0.15, -0.1) is 0 Å². The zero-order valence-electron chi connectivity index (χ0n) is 11.8. The quantitative estimate of drug-likeness (QED) is 0.449. The molecule has 1 aromatic carbocycles. The number of hydrogen-bond acceptors (Lipinski definition) is 5. The molecule has 1 heterocycles. The predicted molar refractivity (Wildman–Crippen MR) is 83.9 cm³/mol. The monoisotopic (exact) mass is 326 g/mol. The number of rotatable bonds is 2. The number of aromatic hydroxyl groups is 2. The van der Waals surface area contributed by atoms with Crippen LogP contribution in [-0.2, 0) is 5.41 Å². The Morgan fingerprint density at radius 1 is 1.38 bits per heavy atom. The van der Waals surface area contributed by atoms with Crippen LogP contribution in [0.15, 0.2) is 17.2 Å². The number of phenols is 2. The summed E-state index contributed by atoms with van der Waals surface area (Å²) < 4.78 is 1.87. The predicted octanol–water partition coefficient (Wildman–Crippen LogP) is 3.18. The SMILES string of the molecule is CC(C)(C)c1n[nH]c(=S)n1/N=C/c1cc(O)c(O)c(Cl)c1. The van der Waals surface area contributed by atoms with E-state index in [0.717, 1.165) is 0 Å². The van der Waals surface area contributed by atoms with E-state index in [1.807, 2.05) is 20.8 Å².